The molecule has 4 aromatic carbocycles. The zero-order chi connectivity index (χ0) is 28.5. The van der Waals surface area contributed by atoms with E-state index in [9.17, 15) is 4.79 Å². The Bertz CT molecular complexity index is 2000. The van der Waals surface area contributed by atoms with Crippen LogP contribution in [-0.2, 0) is 6.61 Å². The fraction of sp³-hybridized carbons (Fsp3) is 0.0645. The lowest BCUT2D eigenvalue weighted by molar-refractivity contribution is 0.284. The molecule has 0 bridgehead atoms. The number of hydrogen-bond donors (Lipinski definition) is 0. The van der Waals surface area contributed by atoms with E-state index in [0.29, 0.717) is 50.9 Å². The number of ether oxygens (including phenoxy) is 2. The maximum atomic E-state index is 13.6. The van der Waals surface area contributed by atoms with Crippen LogP contribution >= 0.6 is 43.5 Å². The van der Waals surface area contributed by atoms with E-state index >= 15 is 0 Å². The van der Waals surface area contributed by atoms with Crippen molar-refractivity contribution >= 4 is 71.5 Å². The molecule has 0 atom stereocenters. The van der Waals surface area contributed by atoms with Gasteiger partial charge in [-0.1, -0.05) is 67.7 Å². The smallest absolute Gasteiger partial charge is 0.282 e. The van der Waals surface area contributed by atoms with Gasteiger partial charge >= 0.3 is 0 Å². The van der Waals surface area contributed by atoms with Gasteiger partial charge < -0.3 is 13.9 Å². The maximum absolute atomic E-state index is 13.6. The fourth-order valence-corrected chi connectivity index (χ4v) is 5.25. The van der Waals surface area contributed by atoms with Gasteiger partial charge in [-0.25, -0.2) is 4.98 Å². The summed E-state index contributed by atoms with van der Waals surface area (Å²) in [5.74, 6) is 1.52. The molecule has 0 fully saturated rings. The normalized spacial score (nSPS) is 11.5. The minimum Gasteiger partial charge on any atom is -0.493 e. The molecule has 0 saturated carbocycles. The largest absolute Gasteiger partial charge is 0.493 e. The van der Waals surface area contributed by atoms with Crippen LogP contribution in [0, 0.1) is 0 Å². The number of para-hydroxylation sites is 1. The second-order valence-electron chi connectivity index (χ2n) is 9.06. The van der Waals surface area contributed by atoms with Gasteiger partial charge in [0.2, 0.25) is 5.82 Å². The van der Waals surface area contributed by atoms with Crippen molar-refractivity contribution in [2.45, 2.75) is 6.61 Å². The highest BCUT2D eigenvalue weighted by molar-refractivity contribution is 9.10. The van der Waals surface area contributed by atoms with Crippen LogP contribution in [0.25, 0.3) is 33.5 Å². The molecule has 7 nitrogen and oxygen atoms in total. The molecule has 6 aromatic rings. The molecule has 0 aliphatic rings. The third-order valence-corrected chi connectivity index (χ3v) is 7.63. The number of rotatable bonds is 7. The molecule has 0 saturated heterocycles. The Hall–Kier alpha value is -3.92. The van der Waals surface area contributed by atoms with Gasteiger partial charge in [0, 0.05) is 14.3 Å². The highest BCUT2D eigenvalue weighted by Crippen LogP contribution is 2.37. The highest BCUT2D eigenvalue weighted by atomic mass is 79.9. The number of nitrogens with zero attached hydrogens (tertiary/aromatic N) is 3. The first-order valence-electron chi connectivity index (χ1n) is 12.4. The van der Waals surface area contributed by atoms with Gasteiger partial charge in [0.05, 0.1) is 29.2 Å². The summed E-state index contributed by atoms with van der Waals surface area (Å²) in [4.78, 5) is 18.3. The first kappa shape index (κ1) is 27.3. The SMILES string of the molecule is COc1cc(C=Nn2c(-c3cc4cc(Br)ccc4o3)nc3ccccc3c2=O)cc(Cl)c1OCc1ccc(Br)cc1. The Kier molecular flexibility index (Phi) is 7.66. The number of hydrogen-bond acceptors (Lipinski definition) is 6. The molecular formula is C31H20Br2ClN3O4. The molecule has 2 aromatic heterocycles. The average Bonchev–Trinajstić information content (AvgIpc) is 3.39. The first-order valence-corrected chi connectivity index (χ1v) is 14.4. The van der Waals surface area contributed by atoms with Crippen LogP contribution in [0.5, 0.6) is 11.5 Å². The lowest BCUT2D eigenvalue weighted by Crippen LogP contribution is -2.20. The Morgan fingerprint density at radius 3 is 2.59 bits per heavy atom. The van der Waals surface area contributed by atoms with Gasteiger partial charge in [-0.2, -0.15) is 9.78 Å². The van der Waals surface area contributed by atoms with Crippen LogP contribution in [0.1, 0.15) is 11.1 Å². The number of halogens is 3. The molecule has 204 valence electrons. The number of aromatic nitrogens is 2. The molecule has 0 aliphatic carbocycles. The van der Waals surface area contributed by atoms with Gasteiger partial charge in [-0.05, 0) is 71.8 Å². The van der Waals surface area contributed by atoms with E-state index in [-0.39, 0.29) is 11.4 Å². The van der Waals surface area contributed by atoms with Gasteiger partial charge in [0.25, 0.3) is 5.56 Å². The van der Waals surface area contributed by atoms with Gasteiger partial charge in [-0.15, -0.1) is 0 Å². The second-order valence-corrected chi connectivity index (χ2v) is 11.3. The van der Waals surface area contributed by atoms with Crippen LogP contribution in [-0.4, -0.2) is 23.0 Å². The number of methoxy groups -OCH3 is 1. The zero-order valence-corrected chi connectivity index (χ0v) is 25.4. The van der Waals surface area contributed by atoms with Crippen LogP contribution in [0.3, 0.4) is 0 Å². The third-order valence-electron chi connectivity index (χ3n) is 6.32. The van der Waals surface area contributed by atoms with Gasteiger partial charge in [0.15, 0.2) is 17.3 Å². The quantitative estimate of drug-likeness (QED) is 0.157. The van der Waals surface area contributed by atoms with Crippen LogP contribution in [0.15, 0.2) is 108 Å². The van der Waals surface area contributed by atoms with Crippen molar-refractivity contribution in [2.75, 3.05) is 7.11 Å². The van der Waals surface area contributed by atoms with E-state index in [2.05, 4.69) is 37.0 Å². The summed E-state index contributed by atoms with van der Waals surface area (Å²) in [6.45, 7) is 0.312. The van der Waals surface area contributed by atoms with Crippen LogP contribution < -0.4 is 15.0 Å². The highest BCUT2D eigenvalue weighted by Gasteiger charge is 2.17. The zero-order valence-electron chi connectivity index (χ0n) is 21.5. The van der Waals surface area contributed by atoms with Crippen LogP contribution in [0.2, 0.25) is 5.02 Å². The lowest BCUT2D eigenvalue weighted by atomic mass is 10.2. The predicted molar refractivity (Wildman–Crippen MR) is 168 cm³/mol. The van der Waals surface area contributed by atoms with Crippen molar-refractivity contribution < 1.29 is 13.9 Å². The fourth-order valence-electron chi connectivity index (χ4n) is 4.33. The van der Waals surface area contributed by atoms with E-state index < -0.39 is 0 Å². The van der Waals surface area contributed by atoms with Gasteiger partial charge in [0.1, 0.15) is 12.2 Å². The molecular weight excluding hydrogens is 674 g/mol. The first-order chi connectivity index (χ1) is 19.9. The predicted octanol–water partition coefficient (Wildman–Crippen LogP) is 8.46. The topological polar surface area (TPSA) is 78.9 Å². The Labute approximate surface area is 256 Å². The average molecular weight is 694 g/mol. The van der Waals surface area contributed by atoms with Gasteiger partial charge in [-0.3, -0.25) is 4.79 Å². The van der Waals surface area contributed by atoms with Crippen molar-refractivity contribution in [2.24, 2.45) is 5.10 Å². The number of furan rings is 1. The lowest BCUT2D eigenvalue weighted by Gasteiger charge is -2.13. The molecule has 0 N–H and O–H groups in total. The molecule has 0 unspecified atom stereocenters. The summed E-state index contributed by atoms with van der Waals surface area (Å²) >= 11 is 13.5. The van der Waals surface area contributed by atoms with E-state index in [1.807, 2.05) is 54.6 Å². The summed E-state index contributed by atoms with van der Waals surface area (Å²) in [5.41, 5.74) is 2.44. The Balaban J connectivity index is 1.39. The molecule has 0 aliphatic heterocycles. The molecule has 0 radical (unpaired) electrons. The third kappa shape index (κ3) is 5.66. The van der Waals surface area contributed by atoms with Crippen molar-refractivity contribution in [1.29, 1.82) is 0 Å². The molecule has 0 spiro atoms. The standard InChI is InChI=1S/C31H20Br2ClN3O4/c1-39-27-13-19(12-24(34)29(27)40-17-18-6-8-21(32)9-7-18)16-35-37-30(36-25-5-3-2-4-23(25)31(37)38)28-15-20-14-22(33)10-11-26(20)41-28/h2-16H,17H2,1H3. The van der Waals surface area contributed by atoms with Crippen molar-refractivity contribution in [3.63, 3.8) is 0 Å². The van der Waals surface area contributed by atoms with E-state index in [4.69, 9.17) is 30.5 Å². The Morgan fingerprint density at radius 1 is 1.00 bits per heavy atom. The maximum Gasteiger partial charge on any atom is 0.282 e. The van der Waals surface area contributed by atoms with E-state index in [1.54, 1.807) is 30.3 Å². The van der Waals surface area contributed by atoms with Crippen molar-refractivity contribution in [1.82, 2.24) is 9.66 Å². The molecule has 2 heterocycles. The van der Waals surface area contributed by atoms with Crippen LogP contribution in [0.4, 0.5) is 0 Å². The molecule has 41 heavy (non-hydrogen) atoms. The molecule has 6 rings (SSSR count). The summed E-state index contributed by atoms with van der Waals surface area (Å²) in [6, 6.07) is 25.9. The number of fused-ring (bicyclic) bond motifs is 2. The van der Waals surface area contributed by atoms with E-state index in [1.165, 1.54) is 18.0 Å². The summed E-state index contributed by atoms with van der Waals surface area (Å²) in [7, 11) is 1.54. The van der Waals surface area contributed by atoms with E-state index in [0.717, 1.165) is 19.9 Å². The van der Waals surface area contributed by atoms with Crippen molar-refractivity contribution in [3.05, 3.63) is 120 Å². The monoisotopic (exact) mass is 691 g/mol. The molecule has 0 amide bonds. The minimum atomic E-state index is -0.337. The van der Waals surface area contributed by atoms with Crippen molar-refractivity contribution in [3.8, 4) is 23.1 Å². The summed E-state index contributed by atoms with van der Waals surface area (Å²) in [6.07, 6.45) is 1.52. The number of benzene rings is 4. The second kappa shape index (κ2) is 11.5. The molecule has 10 heteroatoms. The summed E-state index contributed by atoms with van der Waals surface area (Å²) < 4.78 is 20.7. The summed E-state index contributed by atoms with van der Waals surface area (Å²) in [5, 5.41) is 6.16. The Morgan fingerprint density at radius 2 is 1.78 bits per heavy atom. The minimum absolute atomic E-state index is 0.268.